The predicted octanol–water partition coefficient (Wildman–Crippen LogP) is 2.03. The van der Waals surface area contributed by atoms with Crippen LogP contribution in [0.4, 0.5) is 13.2 Å². The summed E-state index contributed by atoms with van der Waals surface area (Å²) in [4.78, 5) is 0.481. The number of rotatable bonds is 0. The number of aryl methyl sites for hydroxylation is 1. The second-order valence-corrected chi connectivity index (χ2v) is 4.26. The molecule has 7 heteroatoms. The first-order chi connectivity index (χ1) is 7.43. The maximum Gasteiger partial charge on any atom is 0.416 e. The monoisotopic (exact) mass is 247 g/mol. The van der Waals surface area contributed by atoms with E-state index in [1.807, 2.05) is 0 Å². The number of benzene rings is 1. The van der Waals surface area contributed by atoms with Crippen LogP contribution in [0.25, 0.3) is 10.2 Å². The molecular weight excluding hydrogens is 239 g/mol. The Morgan fingerprint density at radius 2 is 2.06 bits per heavy atom. The Kier molecular flexibility index (Phi) is 2.42. The van der Waals surface area contributed by atoms with Gasteiger partial charge in [0.25, 0.3) is 0 Å². The largest absolute Gasteiger partial charge is 0.416 e. The minimum absolute atomic E-state index is 0.476. The molecule has 0 amide bonds. The van der Waals surface area contributed by atoms with Gasteiger partial charge in [-0.15, -0.1) is 0 Å². The van der Waals surface area contributed by atoms with Crippen molar-refractivity contribution in [3.8, 4) is 0 Å². The van der Waals surface area contributed by atoms with Crippen LogP contribution in [0, 0.1) is 0 Å². The highest BCUT2D eigenvalue weighted by molar-refractivity contribution is 7.16. The van der Waals surface area contributed by atoms with E-state index in [1.165, 1.54) is 22.0 Å². The standard InChI is InChI=1S/C9H8F3N3S/c1-15-6-4-5(9(10,11)12)2-3-7(6)16-8(15)14-13/h2-4H,13H2,1H3/b14-8+. The van der Waals surface area contributed by atoms with Crippen LogP contribution in [0.2, 0.25) is 0 Å². The third-order valence-electron chi connectivity index (χ3n) is 2.25. The Morgan fingerprint density at radius 1 is 1.38 bits per heavy atom. The first kappa shape index (κ1) is 11.0. The zero-order chi connectivity index (χ0) is 11.9. The molecule has 1 aromatic heterocycles. The summed E-state index contributed by atoms with van der Waals surface area (Å²) in [5, 5.41) is 3.50. The lowest BCUT2D eigenvalue weighted by molar-refractivity contribution is -0.137. The Labute approximate surface area is 92.6 Å². The van der Waals surface area contributed by atoms with Gasteiger partial charge in [-0.1, -0.05) is 11.3 Å². The van der Waals surface area contributed by atoms with Gasteiger partial charge < -0.3 is 10.4 Å². The number of hydrogen-bond acceptors (Lipinski definition) is 3. The van der Waals surface area contributed by atoms with Crippen LogP contribution >= 0.6 is 11.3 Å². The van der Waals surface area contributed by atoms with E-state index < -0.39 is 11.7 Å². The number of thiazole rings is 1. The topological polar surface area (TPSA) is 43.3 Å². The number of fused-ring (bicyclic) bond motifs is 1. The summed E-state index contributed by atoms with van der Waals surface area (Å²) < 4.78 is 39.7. The van der Waals surface area contributed by atoms with Crippen LogP contribution in [0.1, 0.15) is 5.56 Å². The Bertz CT molecular complexity index is 594. The maximum absolute atomic E-state index is 12.5. The predicted molar refractivity (Wildman–Crippen MR) is 55.5 cm³/mol. The summed E-state index contributed by atoms with van der Waals surface area (Å²) in [5.41, 5.74) is -0.194. The van der Waals surface area contributed by atoms with Crippen molar-refractivity contribution in [3.05, 3.63) is 28.6 Å². The van der Waals surface area contributed by atoms with E-state index in [0.717, 1.165) is 16.8 Å². The van der Waals surface area contributed by atoms with Crippen LogP contribution in [-0.2, 0) is 13.2 Å². The third kappa shape index (κ3) is 1.67. The molecular formula is C9H8F3N3S. The minimum atomic E-state index is -4.33. The van der Waals surface area contributed by atoms with Crippen molar-refractivity contribution in [2.75, 3.05) is 0 Å². The smallest absolute Gasteiger partial charge is 0.320 e. The van der Waals surface area contributed by atoms with E-state index in [9.17, 15) is 13.2 Å². The van der Waals surface area contributed by atoms with Gasteiger partial charge in [0.15, 0.2) is 0 Å². The van der Waals surface area contributed by atoms with Crippen molar-refractivity contribution in [2.45, 2.75) is 6.18 Å². The first-order valence-electron chi connectivity index (χ1n) is 4.34. The highest BCUT2D eigenvalue weighted by atomic mass is 32.1. The molecule has 2 rings (SSSR count). The highest BCUT2D eigenvalue weighted by Gasteiger charge is 2.30. The molecule has 1 heterocycles. The second kappa shape index (κ2) is 3.51. The minimum Gasteiger partial charge on any atom is -0.320 e. The van der Waals surface area contributed by atoms with Crippen LogP contribution in [-0.4, -0.2) is 4.57 Å². The van der Waals surface area contributed by atoms with Gasteiger partial charge in [-0.3, -0.25) is 0 Å². The van der Waals surface area contributed by atoms with Crippen LogP contribution < -0.4 is 10.6 Å². The summed E-state index contributed by atoms with van der Waals surface area (Å²) in [6.45, 7) is 0. The molecule has 0 fully saturated rings. The second-order valence-electron chi connectivity index (χ2n) is 3.25. The molecule has 0 saturated carbocycles. The summed E-state index contributed by atoms with van der Waals surface area (Å²) in [6.07, 6.45) is -4.33. The summed E-state index contributed by atoms with van der Waals surface area (Å²) in [7, 11) is 1.63. The van der Waals surface area contributed by atoms with Gasteiger partial charge in [0.1, 0.15) is 0 Å². The molecule has 0 bridgehead atoms. The van der Waals surface area contributed by atoms with Gasteiger partial charge in [-0.05, 0) is 18.2 Å². The molecule has 1 aromatic carbocycles. The lowest BCUT2D eigenvalue weighted by atomic mass is 10.2. The normalized spacial score (nSPS) is 13.6. The zero-order valence-corrected chi connectivity index (χ0v) is 9.06. The summed E-state index contributed by atoms with van der Waals surface area (Å²) in [6, 6.07) is 3.58. The lowest BCUT2D eigenvalue weighted by Gasteiger charge is -2.06. The Balaban J connectivity index is 2.76. The van der Waals surface area contributed by atoms with Gasteiger partial charge in [0.05, 0.1) is 15.8 Å². The highest BCUT2D eigenvalue weighted by Crippen LogP contribution is 2.31. The van der Waals surface area contributed by atoms with E-state index in [4.69, 9.17) is 5.84 Å². The SMILES string of the molecule is Cn1/c(=N\N)sc2ccc(C(F)(F)F)cc21. The van der Waals surface area contributed by atoms with Crippen molar-refractivity contribution < 1.29 is 13.2 Å². The van der Waals surface area contributed by atoms with Crippen LogP contribution in [0.15, 0.2) is 23.3 Å². The zero-order valence-electron chi connectivity index (χ0n) is 8.25. The molecule has 0 aliphatic rings. The molecule has 0 aliphatic carbocycles. The molecule has 2 N–H and O–H groups in total. The van der Waals surface area contributed by atoms with E-state index >= 15 is 0 Å². The number of halogens is 3. The van der Waals surface area contributed by atoms with E-state index in [1.54, 1.807) is 7.05 Å². The molecule has 16 heavy (non-hydrogen) atoms. The van der Waals surface area contributed by atoms with Crippen molar-refractivity contribution in [1.29, 1.82) is 0 Å². The van der Waals surface area contributed by atoms with Crippen molar-refractivity contribution >= 4 is 21.6 Å². The fourth-order valence-electron chi connectivity index (χ4n) is 1.42. The molecule has 3 nitrogen and oxygen atoms in total. The van der Waals surface area contributed by atoms with Gasteiger partial charge in [-0.2, -0.15) is 18.3 Å². The van der Waals surface area contributed by atoms with E-state index in [-0.39, 0.29) is 0 Å². The Morgan fingerprint density at radius 3 is 2.62 bits per heavy atom. The van der Waals surface area contributed by atoms with Gasteiger partial charge >= 0.3 is 6.18 Å². The summed E-state index contributed by atoms with van der Waals surface area (Å²) >= 11 is 1.25. The van der Waals surface area contributed by atoms with Crippen molar-refractivity contribution in [3.63, 3.8) is 0 Å². The molecule has 2 aromatic rings. The Hall–Kier alpha value is -1.50. The lowest BCUT2D eigenvalue weighted by Crippen LogP contribution is -2.12. The summed E-state index contributed by atoms with van der Waals surface area (Å²) in [5.74, 6) is 5.13. The molecule has 0 spiro atoms. The van der Waals surface area contributed by atoms with Crippen molar-refractivity contribution in [1.82, 2.24) is 4.57 Å². The van der Waals surface area contributed by atoms with Gasteiger partial charge in [0, 0.05) is 7.05 Å². The maximum atomic E-state index is 12.5. The number of hydrogen-bond donors (Lipinski definition) is 1. The molecule has 0 radical (unpaired) electrons. The number of aromatic nitrogens is 1. The number of nitrogens with zero attached hydrogens (tertiary/aromatic N) is 2. The molecule has 0 unspecified atom stereocenters. The fourth-order valence-corrected chi connectivity index (χ4v) is 2.35. The molecule has 0 aliphatic heterocycles. The van der Waals surface area contributed by atoms with E-state index in [2.05, 4.69) is 5.10 Å². The molecule has 86 valence electrons. The first-order valence-corrected chi connectivity index (χ1v) is 5.16. The van der Waals surface area contributed by atoms with Gasteiger partial charge in [-0.25, -0.2) is 0 Å². The molecule has 0 atom stereocenters. The van der Waals surface area contributed by atoms with Crippen molar-refractivity contribution in [2.24, 2.45) is 18.0 Å². The number of alkyl halides is 3. The average molecular weight is 247 g/mol. The van der Waals surface area contributed by atoms with Crippen LogP contribution in [0.3, 0.4) is 0 Å². The van der Waals surface area contributed by atoms with E-state index in [0.29, 0.717) is 10.3 Å². The van der Waals surface area contributed by atoms with Gasteiger partial charge in [0.2, 0.25) is 4.80 Å². The average Bonchev–Trinajstić information content (AvgIpc) is 2.54. The number of nitrogens with two attached hydrogens (primary N) is 1. The molecule has 0 saturated heterocycles. The fraction of sp³-hybridized carbons (Fsp3) is 0.222. The quantitative estimate of drug-likeness (QED) is 0.562. The van der Waals surface area contributed by atoms with Crippen LogP contribution in [0.5, 0.6) is 0 Å². The third-order valence-corrected chi connectivity index (χ3v) is 3.37.